The van der Waals surface area contributed by atoms with Crippen LogP contribution in [0.3, 0.4) is 0 Å². The number of fused-ring (bicyclic) bond motifs is 6. The summed E-state index contributed by atoms with van der Waals surface area (Å²) in [6.45, 7) is 2.84. The monoisotopic (exact) mass is 602 g/mol. The summed E-state index contributed by atoms with van der Waals surface area (Å²) < 4.78 is 23.7. The first kappa shape index (κ1) is 27.0. The number of phenolic OH excluding ortho intramolecular Hbond substituents is 6. The van der Waals surface area contributed by atoms with Gasteiger partial charge in [-0.1, -0.05) is 0 Å². The molecule has 0 saturated carbocycles. The third kappa shape index (κ3) is 3.69. The minimum Gasteiger partial charge on any atom is -0.508 e. The molecule has 0 amide bonds. The Morgan fingerprint density at radius 2 is 1.36 bits per heavy atom. The van der Waals surface area contributed by atoms with Crippen molar-refractivity contribution in [3.63, 3.8) is 0 Å². The molecule has 0 spiro atoms. The zero-order valence-corrected chi connectivity index (χ0v) is 22.8. The molecule has 0 aliphatic carbocycles. The lowest BCUT2D eigenvalue weighted by atomic mass is 9.93. The first-order chi connectivity index (χ1) is 20.8. The fourth-order valence-corrected chi connectivity index (χ4v) is 5.60. The van der Waals surface area contributed by atoms with Crippen molar-refractivity contribution < 1.29 is 54.1 Å². The Balaban J connectivity index is 1.48. The van der Waals surface area contributed by atoms with Crippen molar-refractivity contribution in [1.82, 2.24) is 0 Å². The molecule has 2 atom stereocenters. The van der Waals surface area contributed by atoms with Gasteiger partial charge in [0.2, 0.25) is 22.4 Å². The van der Waals surface area contributed by atoms with E-state index >= 15 is 0 Å². The Morgan fingerprint density at radius 3 is 2.07 bits per heavy atom. The number of hydrogen-bond donors (Lipinski definition) is 7. The number of aromatic hydroxyl groups is 6. The molecule has 0 radical (unpaired) electrons. The van der Waals surface area contributed by atoms with E-state index in [2.05, 4.69) is 0 Å². The van der Waals surface area contributed by atoms with Crippen LogP contribution in [-0.4, -0.2) is 47.5 Å². The van der Waals surface area contributed by atoms with Crippen LogP contribution >= 0.6 is 0 Å². The van der Waals surface area contributed by atoms with E-state index in [1.54, 1.807) is 0 Å². The molecule has 7 N–H and O–H groups in total. The van der Waals surface area contributed by atoms with Gasteiger partial charge < -0.3 is 54.1 Å². The molecule has 13 nitrogen and oxygen atoms in total. The highest BCUT2D eigenvalue weighted by molar-refractivity contribution is 5.99. The molecule has 0 unspecified atom stereocenters. The van der Waals surface area contributed by atoms with Crippen LogP contribution in [0.5, 0.6) is 46.0 Å². The predicted octanol–water partition coefficient (Wildman–Crippen LogP) is 4.09. The van der Waals surface area contributed by atoms with Crippen LogP contribution in [0.1, 0.15) is 25.5 Å². The number of phenols is 6. The molecule has 44 heavy (non-hydrogen) atoms. The molecule has 3 heterocycles. The smallest absolute Gasteiger partial charge is 0.204 e. The fraction of sp³-hybridized carbons (Fsp3) is 0.161. The summed E-state index contributed by atoms with van der Waals surface area (Å²) in [4.78, 5) is 26.6. The number of rotatable bonds is 3. The Hall–Kier alpha value is -5.82. The second kappa shape index (κ2) is 8.84. The molecular formula is C31H22O13. The lowest BCUT2D eigenvalue weighted by molar-refractivity contribution is -0.0693. The lowest BCUT2D eigenvalue weighted by Gasteiger charge is -2.30. The molecule has 6 aromatic rings. The molecule has 2 aromatic heterocycles. The van der Waals surface area contributed by atoms with Gasteiger partial charge in [0.25, 0.3) is 0 Å². The minimum atomic E-state index is -1.63. The van der Waals surface area contributed by atoms with Crippen LogP contribution in [0.4, 0.5) is 0 Å². The highest BCUT2D eigenvalue weighted by Gasteiger charge is 2.48. The van der Waals surface area contributed by atoms with Crippen LogP contribution < -0.4 is 20.3 Å². The van der Waals surface area contributed by atoms with Crippen LogP contribution in [-0.2, 0) is 0 Å². The largest absolute Gasteiger partial charge is 0.508 e. The quantitative estimate of drug-likeness (QED) is 0.112. The van der Waals surface area contributed by atoms with Crippen molar-refractivity contribution in [2.75, 3.05) is 0 Å². The van der Waals surface area contributed by atoms with Gasteiger partial charge in [-0.25, -0.2) is 0 Å². The maximum atomic E-state index is 13.4. The number of aliphatic hydroxyl groups is 1. The van der Waals surface area contributed by atoms with Gasteiger partial charge in [0, 0.05) is 18.2 Å². The van der Waals surface area contributed by atoms with Crippen LogP contribution in [0.25, 0.3) is 43.9 Å². The molecule has 13 heteroatoms. The van der Waals surface area contributed by atoms with E-state index in [1.807, 2.05) is 0 Å². The standard InChI is InChI=1S/C31H22O13/c1-31(2,40)30-29(41-16-6-4-12-22(36)19-14(34)7-10(32)8-17(19)42-27(12)25(16)39)21-18(43-30)9-15(35)20-23(37)11-3-5-13(33)24(38)26(11)44-28(20)21/h3-9,29-30,32-35,38-40H,1-2H3/t29-,30-/m1/s1. The minimum absolute atomic E-state index is 0.0287. The Labute approximate surface area is 244 Å². The van der Waals surface area contributed by atoms with E-state index < -0.39 is 57.4 Å². The van der Waals surface area contributed by atoms with Crippen LogP contribution in [0.15, 0.2) is 60.9 Å². The first-order valence-electron chi connectivity index (χ1n) is 13.1. The summed E-state index contributed by atoms with van der Waals surface area (Å²) >= 11 is 0. The third-order valence-corrected chi connectivity index (χ3v) is 7.66. The summed E-state index contributed by atoms with van der Waals surface area (Å²) in [5.74, 6) is -3.67. The number of hydrogen-bond acceptors (Lipinski definition) is 13. The highest BCUT2D eigenvalue weighted by atomic mass is 16.6. The van der Waals surface area contributed by atoms with E-state index in [-0.39, 0.29) is 66.7 Å². The zero-order chi connectivity index (χ0) is 31.4. The molecular weight excluding hydrogens is 580 g/mol. The maximum Gasteiger partial charge on any atom is 0.204 e. The van der Waals surface area contributed by atoms with Gasteiger partial charge in [-0.15, -0.1) is 0 Å². The van der Waals surface area contributed by atoms with Crippen molar-refractivity contribution in [3.05, 3.63) is 68.5 Å². The Kier molecular flexibility index (Phi) is 5.44. The molecule has 4 aromatic carbocycles. The molecule has 1 aliphatic rings. The normalized spacial score (nSPS) is 16.5. The molecule has 0 fully saturated rings. The second-order valence-corrected chi connectivity index (χ2v) is 11.0. The van der Waals surface area contributed by atoms with E-state index in [0.717, 1.165) is 24.3 Å². The third-order valence-electron chi connectivity index (χ3n) is 7.66. The van der Waals surface area contributed by atoms with Gasteiger partial charge in [-0.3, -0.25) is 9.59 Å². The van der Waals surface area contributed by atoms with Crippen molar-refractivity contribution >= 4 is 43.9 Å². The zero-order valence-electron chi connectivity index (χ0n) is 22.8. The maximum absolute atomic E-state index is 13.4. The topological polar surface area (TPSA) is 220 Å². The van der Waals surface area contributed by atoms with Gasteiger partial charge in [-0.05, 0) is 38.1 Å². The van der Waals surface area contributed by atoms with Crippen molar-refractivity contribution in [2.24, 2.45) is 0 Å². The summed E-state index contributed by atoms with van der Waals surface area (Å²) in [6, 6.07) is 8.05. The highest BCUT2D eigenvalue weighted by Crippen LogP contribution is 2.51. The Morgan fingerprint density at radius 1 is 0.727 bits per heavy atom. The summed E-state index contributed by atoms with van der Waals surface area (Å²) in [5, 5.41) is 72.9. The molecule has 224 valence electrons. The number of ether oxygens (including phenoxy) is 2. The Bertz CT molecular complexity index is 2340. The van der Waals surface area contributed by atoms with Gasteiger partial charge in [0.1, 0.15) is 39.4 Å². The van der Waals surface area contributed by atoms with Gasteiger partial charge >= 0.3 is 0 Å². The van der Waals surface area contributed by atoms with Crippen molar-refractivity contribution in [1.29, 1.82) is 0 Å². The molecule has 1 aliphatic heterocycles. The van der Waals surface area contributed by atoms with Crippen LogP contribution in [0.2, 0.25) is 0 Å². The van der Waals surface area contributed by atoms with Gasteiger partial charge in [-0.2, -0.15) is 0 Å². The lowest BCUT2D eigenvalue weighted by Crippen LogP contribution is -2.43. The summed E-state index contributed by atoms with van der Waals surface area (Å²) in [7, 11) is 0. The predicted molar refractivity (Wildman–Crippen MR) is 154 cm³/mol. The molecule has 0 saturated heterocycles. The SMILES string of the molecule is CC(C)(O)[C@@H]1Oc2cc(O)c3c(=O)c4ccc(O)c(O)c4oc3c2[C@H]1Oc1ccc2c(=O)c3c(O)cc(O)cc3oc2c1O. The van der Waals surface area contributed by atoms with Crippen molar-refractivity contribution in [2.45, 2.75) is 31.7 Å². The molecule has 0 bridgehead atoms. The second-order valence-electron chi connectivity index (χ2n) is 11.0. The first-order valence-corrected chi connectivity index (χ1v) is 13.1. The van der Waals surface area contributed by atoms with Crippen LogP contribution in [0, 0.1) is 0 Å². The average Bonchev–Trinajstić information content (AvgIpc) is 3.31. The summed E-state index contributed by atoms with van der Waals surface area (Å²) in [5.41, 5.74) is -4.24. The number of benzene rings is 4. The van der Waals surface area contributed by atoms with Crippen molar-refractivity contribution in [3.8, 4) is 46.0 Å². The van der Waals surface area contributed by atoms with E-state index in [4.69, 9.17) is 18.3 Å². The van der Waals surface area contributed by atoms with E-state index in [1.165, 1.54) is 32.0 Å². The molecule has 7 rings (SSSR count). The summed E-state index contributed by atoms with van der Waals surface area (Å²) in [6.07, 6.45) is -2.56. The fourth-order valence-electron chi connectivity index (χ4n) is 5.60. The van der Waals surface area contributed by atoms with Gasteiger partial charge in [0.05, 0.1) is 21.9 Å². The average molecular weight is 603 g/mol. The van der Waals surface area contributed by atoms with E-state index in [9.17, 15) is 45.3 Å². The van der Waals surface area contributed by atoms with E-state index in [0.29, 0.717) is 0 Å². The van der Waals surface area contributed by atoms with Gasteiger partial charge in [0.15, 0.2) is 40.5 Å².